The van der Waals surface area contributed by atoms with Crippen molar-refractivity contribution in [3.8, 4) is 0 Å². The molecule has 0 aliphatic carbocycles. The minimum Gasteiger partial charge on any atom is -0.387 e. The van der Waals surface area contributed by atoms with Crippen molar-refractivity contribution < 1.29 is 9.90 Å². The molecule has 2 heterocycles. The second-order valence-corrected chi connectivity index (χ2v) is 6.15. The lowest BCUT2D eigenvalue weighted by Gasteiger charge is -2.14. The summed E-state index contributed by atoms with van der Waals surface area (Å²) in [7, 11) is 0. The molecule has 2 rings (SSSR count). The van der Waals surface area contributed by atoms with Gasteiger partial charge in [0.15, 0.2) is 0 Å². The van der Waals surface area contributed by atoms with Gasteiger partial charge in [-0.2, -0.15) is 11.3 Å². The van der Waals surface area contributed by atoms with Crippen LogP contribution in [0.2, 0.25) is 0 Å². The van der Waals surface area contributed by atoms with E-state index >= 15 is 0 Å². The molecule has 20 heavy (non-hydrogen) atoms. The third-order valence-electron chi connectivity index (χ3n) is 2.74. The molecule has 0 radical (unpaired) electrons. The van der Waals surface area contributed by atoms with Gasteiger partial charge in [0.1, 0.15) is 5.01 Å². The molecular weight excluding hydrogens is 294 g/mol. The number of amides is 2. The van der Waals surface area contributed by atoms with Gasteiger partial charge in [0.2, 0.25) is 0 Å². The molecule has 0 aliphatic rings. The zero-order valence-corrected chi connectivity index (χ0v) is 12.9. The van der Waals surface area contributed by atoms with Crippen LogP contribution in [0.4, 0.5) is 4.79 Å². The monoisotopic (exact) mass is 311 g/mol. The topological polar surface area (TPSA) is 74.2 Å². The van der Waals surface area contributed by atoms with Crippen LogP contribution in [0, 0.1) is 6.92 Å². The van der Waals surface area contributed by atoms with Gasteiger partial charge in [0, 0.05) is 17.6 Å². The second kappa shape index (κ2) is 6.83. The summed E-state index contributed by atoms with van der Waals surface area (Å²) in [5.74, 6) is 0. The first-order valence-electron chi connectivity index (χ1n) is 6.23. The maximum atomic E-state index is 11.8. The lowest BCUT2D eigenvalue weighted by molar-refractivity contribution is 0.173. The Kier molecular flexibility index (Phi) is 5.11. The zero-order valence-electron chi connectivity index (χ0n) is 11.3. The maximum Gasteiger partial charge on any atom is 0.315 e. The fourth-order valence-electron chi connectivity index (χ4n) is 1.65. The molecule has 0 fully saturated rings. The minimum absolute atomic E-state index is 0.146. The molecule has 0 aliphatic heterocycles. The van der Waals surface area contributed by atoms with Crippen LogP contribution in [0.3, 0.4) is 0 Å². The number of aryl methyl sites for hydroxylation is 1. The van der Waals surface area contributed by atoms with E-state index in [-0.39, 0.29) is 18.6 Å². The Bertz CT molecular complexity index is 554. The Morgan fingerprint density at radius 1 is 1.50 bits per heavy atom. The average molecular weight is 311 g/mol. The number of aromatic nitrogens is 1. The van der Waals surface area contributed by atoms with Crippen molar-refractivity contribution in [2.45, 2.75) is 26.0 Å². The van der Waals surface area contributed by atoms with Crippen molar-refractivity contribution in [2.24, 2.45) is 0 Å². The van der Waals surface area contributed by atoms with E-state index in [0.717, 1.165) is 16.3 Å². The van der Waals surface area contributed by atoms with Crippen LogP contribution in [0.5, 0.6) is 0 Å². The van der Waals surface area contributed by atoms with Crippen molar-refractivity contribution >= 4 is 28.7 Å². The Morgan fingerprint density at radius 3 is 2.90 bits per heavy atom. The molecule has 2 aromatic rings. The molecule has 5 nitrogen and oxygen atoms in total. The Balaban J connectivity index is 1.78. The molecule has 2 amide bonds. The Morgan fingerprint density at radius 2 is 2.30 bits per heavy atom. The third kappa shape index (κ3) is 4.03. The highest BCUT2D eigenvalue weighted by atomic mass is 32.1. The van der Waals surface area contributed by atoms with Crippen LogP contribution in [0.1, 0.15) is 35.3 Å². The number of hydrogen-bond donors (Lipinski definition) is 3. The second-order valence-electron chi connectivity index (χ2n) is 4.48. The van der Waals surface area contributed by atoms with Gasteiger partial charge in [0.05, 0.1) is 12.1 Å². The van der Waals surface area contributed by atoms with Gasteiger partial charge in [-0.1, -0.05) is 0 Å². The van der Waals surface area contributed by atoms with Crippen LogP contribution in [-0.4, -0.2) is 22.7 Å². The van der Waals surface area contributed by atoms with Gasteiger partial charge in [0.25, 0.3) is 0 Å². The average Bonchev–Trinajstić information content (AvgIpc) is 3.06. The number of nitrogens with one attached hydrogen (secondary N) is 2. The normalized spacial score (nSPS) is 13.8. The van der Waals surface area contributed by atoms with Crippen molar-refractivity contribution in [3.05, 3.63) is 38.5 Å². The summed E-state index contributed by atoms with van der Waals surface area (Å²) >= 11 is 3.04. The summed E-state index contributed by atoms with van der Waals surface area (Å²) < 4.78 is 0. The number of thiophene rings is 1. The molecule has 108 valence electrons. The van der Waals surface area contributed by atoms with Crippen LogP contribution in [-0.2, 0) is 0 Å². The van der Waals surface area contributed by atoms with Gasteiger partial charge in [-0.25, -0.2) is 9.78 Å². The number of nitrogens with zero attached hydrogens (tertiary/aromatic N) is 1. The first-order valence-corrected chi connectivity index (χ1v) is 8.05. The molecule has 2 atom stereocenters. The van der Waals surface area contributed by atoms with Crippen LogP contribution in [0.25, 0.3) is 0 Å². The van der Waals surface area contributed by atoms with Crippen LogP contribution >= 0.6 is 22.7 Å². The first kappa shape index (κ1) is 15.0. The van der Waals surface area contributed by atoms with E-state index < -0.39 is 6.10 Å². The Labute approximate surface area is 125 Å². The van der Waals surface area contributed by atoms with E-state index in [1.807, 2.05) is 36.1 Å². The van der Waals surface area contributed by atoms with Crippen molar-refractivity contribution in [1.82, 2.24) is 15.6 Å². The number of aliphatic hydroxyl groups excluding tert-OH is 1. The van der Waals surface area contributed by atoms with E-state index in [4.69, 9.17) is 0 Å². The number of urea groups is 1. The first-order chi connectivity index (χ1) is 9.56. The van der Waals surface area contributed by atoms with E-state index in [1.54, 1.807) is 0 Å². The summed E-state index contributed by atoms with van der Waals surface area (Å²) in [5, 5.41) is 21.9. The molecular formula is C13H17N3O2S2. The summed E-state index contributed by atoms with van der Waals surface area (Å²) in [6.45, 7) is 3.99. The third-order valence-corrected chi connectivity index (χ3v) is 4.59. The smallest absolute Gasteiger partial charge is 0.315 e. The summed E-state index contributed by atoms with van der Waals surface area (Å²) in [6.07, 6.45) is -0.676. The molecule has 0 aromatic carbocycles. The van der Waals surface area contributed by atoms with Gasteiger partial charge in [-0.15, -0.1) is 11.3 Å². The van der Waals surface area contributed by atoms with E-state index in [9.17, 15) is 9.90 Å². The van der Waals surface area contributed by atoms with E-state index in [1.165, 1.54) is 22.7 Å². The standard InChI is InChI=1S/C13H17N3O2S2/c1-8-6-20-12(15-8)9(2)16-13(18)14-5-11(17)10-3-4-19-7-10/h3-4,6-7,9,11,17H,5H2,1-2H3,(H2,14,16,18). The molecule has 0 saturated heterocycles. The summed E-state index contributed by atoms with van der Waals surface area (Å²) in [5.41, 5.74) is 1.77. The van der Waals surface area contributed by atoms with Gasteiger partial charge in [-0.3, -0.25) is 0 Å². The SMILES string of the molecule is Cc1csc(C(C)NC(=O)NCC(O)c2ccsc2)n1. The van der Waals surface area contributed by atoms with Crippen molar-refractivity contribution in [2.75, 3.05) is 6.54 Å². The van der Waals surface area contributed by atoms with Gasteiger partial charge in [-0.05, 0) is 36.2 Å². The number of hydrogen-bond acceptors (Lipinski definition) is 5. The van der Waals surface area contributed by atoms with E-state index in [0.29, 0.717) is 0 Å². The van der Waals surface area contributed by atoms with Gasteiger partial charge >= 0.3 is 6.03 Å². The molecule has 0 saturated carbocycles. The fraction of sp³-hybridized carbons (Fsp3) is 0.385. The zero-order chi connectivity index (χ0) is 14.5. The molecule has 0 spiro atoms. The maximum absolute atomic E-state index is 11.8. The minimum atomic E-state index is -0.676. The quantitative estimate of drug-likeness (QED) is 0.794. The van der Waals surface area contributed by atoms with Gasteiger partial charge < -0.3 is 15.7 Å². The molecule has 3 N–H and O–H groups in total. The number of aliphatic hydroxyl groups is 1. The number of thiazole rings is 1. The highest BCUT2D eigenvalue weighted by Gasteiger charge is 2.14. The number of rotatable bonds is 5. The van der Waals surface area contributed by atoms with Crippen molar-refractivity contribution in [1.29, 1.82) is 0 Å². The van der Waals surface area contributed by atoms with E-state index in [2.05, 4.69) is 15.6 Å². The van der Waals surface area contributed by atoms with Crippen LogP contribution in [0.15, 0.2) is 22.2 Å². The predicted octanol–water partition coefficient (Wildman–Crippen LogP) is 2.61. The molecule has 0 bridgehead atoms. The van der Waals surface area contributed by atoms with Crippen LogP contribution < -0.4 is 10.6 Å². The largest absolute Gasteiger partial charge is 0.387 e. The number of carbonyl (C=O) groups excluding carboxylic acids is 1. The lowest BCUT2D eigenvalue weighted by atomic mass is 10.2. The number of carbonyl (C=O) groups is 1. The predicted molar refractivity (Wildman–Crippen MR) is 81.1 cm³/mol. The highest BCUT2D eigenvalue weighted by Crippen LogP contribution is 2.17. The highest BCUT2D eigenvalue weighted by molar-refractivity contribution is 7.09. The molecule has 7 heteroatoms. The molecule has 2 aromatic heterocycles. The fourth-order valence-corrected chi connectivity index (χ4v) is 3.16. The lowest BCUT2D eigenvalue weighted by Crippen LogP contribution is -2.39. The summed E-state index contributed by atoms with van der Waals surface area (Å²) in [4.78, 5) is 16.1. The van der Waals surface area contributed by atoms with Crippen molar-refractivity contribution in [3.63, 3.8) is 0 Å². The Hall–Kier alpha value is -1.44. The summed E-state index contributed by atoms with van der Waals surface area (Å²) in [6, 6.07) is 1.39. The molecule has 2 unspecified atom stereocenters.